The first kappa shape index (κ1) is 19.2. The molecule has 1 saturated heterocycles. The van der Waals surface area contributed by atoms with Crippen LogP contribution in [0.25, 0.3) is 0 Å². The number of carbonyl (C=O) groups is 3. The third-order valence-corrected chi connectivity index (χ3v) is 4.49. The summed E-state index contributed by atoms with van der Waals surface area (Å²) in [4.78, 5) is 36.2. The van der Waals surface area contributed by atoms with Crippen molar-refractivity contribution in [3.63, 3.8) is 0 Å². The van der Waals surface area contributed by atoms with Gasteiger partial charge in [0.1, 0.15) is 11.3 Å². The third-order valence-electron chi connectivity index (χ3n) is 4.49. The van der Waals surface area contributed by atoms with Gasteiger partial charge in [-0.05, 0) is 49.7 Å². The first-order valence-corrected chi connectivity index (χ1v) is 8.92. The van der Waals surface area contributed by atoms with Gasteiger partial charge >= 0.3 is 6.03 Å². The Morgan fingerprint density at radius 1 is 1.07 bits per heavy atom. The van der Waals surface area contributed by atoms with E-state index >= 15 is 0 Å². The number of nitrogens with zero attached hydrogens (tertiary/aromatic N) is 1. The molecule has 4 amide bonds. The van der Waals surface area contributed by atoms with Crippen molar-refractivity contribution in [3.05, 3.63) is 54.6 Å². The SMILES string of the molecule is CCC1(C)NC(=O)N(NC(=O)COc2ccc(Nc3ccccc3)cc2)C1=O. The number of nitrogens with one attached hydrogen (secondary N) is 3. The Labute approximate surface area is 162 Å². The highest BCUT2D eigenvalue weighted by molar-refractivity contribution is 6.07. The minimum absolute atomic E-state index is 0.328. The highest BCUT2D eigenvalue weighted by atomic mass is 16.5. The molecule has 1 fully saturated rings. The van der Waals surface area contributed by atoms with E-state index in [0.717, 1.165) is 11.4 Å². The predicted molar refractivity (Wildman–Crippen MR) is 104 cm³/mol. The average Bonchev–Trinajstić information content (AvgIpc) is 2.92. The van der Waals surface area contributed by atoms with Gasteiger partial charge in [0.25, 0.3) is 11.8 Å². The highest BCUT2D eigenvalue weighted by Crippen LogP contribution is 2.20. The van der Waals surface area contributed by atoms with Gasteiger partial charge in [0, 0.05) is 11.4 Å². The summed E-state index contributed by atoms with van der Waals surface area (Å²) in [5.41, 5.74) is 3.11. The lowest BCUT2D eigenvalue weighted by Crippen LogP contribution is -2.49. The van der Waals surface area contributed by atoms with Gasteiger partial charge in [-0.3, -0.25) is 15.0 Å². The number of carbonyl (C=O) groups excluding carboxylic acids is 3. The number of ether oxygens (including phenoxy) is 1. The maximum absolute atomic E-state index is 12.2. The summed E-state index contributed by atoms with van der Waals surface area (Å²) in [6.45, 7) is 3.06. The Kier molecular flexibility index (Phi) is 5.49. The lowest BCUT2D eigenvalue weighted by molar-refractivity contribution is -0.139. The fraction of sp³-hybridized carbons (Fsp3) is 0.250. The molecule has 0 bridgehead atoms. The van der Waals surface area contributed by atoms with E-state index in [-0.39, 0.29) is 6.61 Å². The highest BCUT2D eigenvalue weighted by Gasteiger charge is 2.47. The topological polar surface area (TPSA) is 99.8 Å². The van der Waals surface area contributed by atoms with Crippen LogP contribution in [-0.2, 0) is 9.59 Å². The van der Waals surface area contributed by atoms with Gasteiger partial charge in [0.05, 0.1) is 0 Å². The van der Waals surface area contributed by atoms with Crippen molar-refractivity contribution in [3.8, 4) is 5.75 Å². The molecule has 1 aliphatic rings. The Morgan fingerprint density at radius 2 is 1.71 bits per heavy atom. The van der Waals surface area contributed by atoms with Gasteiger partial charge in [0.2, 0.25) is 0 Å². The van der Waals surface area contributed by atoms with Crippen molar-refractivity contribution in [2.45, 2.75) is 25.8 Å². The van der Waals surface area contributed by atoms with Crippen LogP contribution >= 0.6 is 0 Å². The second-order valence-electron chi connectivity index (χ2n) is 6.60. The lowest BCUT2D eigenvalue weighted by atomic mass is 10.00. The molecule has 3 rings (SSSR count). The molecule has 8 heteroatoms. The number of urea groups is 1. The molecule has 1 unspecified atom stereocenters. The number of hydrogen-bond donors (Lipinski definition) is 3. The number of para-hydroxylation sites is 1. The molecule has 0 spiro atoms. The van der Waals surface area contributed by atoms with Crippen molar-refractivity contribution in [2.75, 3.05) is 11.9 Å². The first-order valence-electron chi connectivity index (χ1n) is 8.92. The number of anilines is 2. The van der Waals surface area contributed by atoms with E-state index in [1.165, 1.54) is 0 Å². The molecule has 0 radical (unpaired) electrons. The van der Waals surface area contributed by atoms with Crippen LogP contribution < -0.4 is 20.8 Å². The van der Waals surface area contributed by atoms with Gasteiger partial charge in [-0.25, -0.2) is 4.79 Å². The maximum atomic E-state index is 12.2. The Morgan fingerprint density at radius 3 is 2.32 bits per heavy atom. The summed E-state index contributed by atoms with van der Waals surface area (Å²) in [6.07, 6.45) is 0.420. The third kappa shape index (κ3) is 4.22. The normalized spacial score (nSPS) is 18.6. The van der Waals surface area contributed by atoms with Gasteiger partial charge in [-0.2, -0.15) is 5.01 Å². The predicted octanol–water partition coefficient (Wildman–Crippen LogP) is 2.56. The van der Waals surface area contributed by atoms with Gasteiger partial charge < -0.3 is 15.4 Å². The summed E-state index contributed by atoms with van der Waals surface area (Å²) in [5, 5.41) is 6.50. The number of benzene rings is 2. The molecule has 1 heterocycles. The molecule has 28 heavy (non-hydrogen) atoms. The van der Waals surface area contributed by atoms with Crippen LogP contribution in [0.4, 0.5) is 16.2 Å². The number of rotatable bonds is 7. The molecule has 3 N–H and O–H groups in total. The molecular weight excluding hydrogens is 360 g/mol. The average molecular weight is 382 g/mol. The largest absolute Gasteiger partial charge is 0.484 e. The van der Waals surface area contributed by atoms with Crippen molar-refractivity contribution in [1.29, 1.82) is 0 Å². The Balaban J connectivity index is 1.51. The molecule has 2 aromatic rings. The molecule has 1 atom stereocenters. The van der Waals surface area contributed by atoms with Crippen LogP contribution in [0.3, 0.4) is 0 Å². The van der Waals surface area contributed by atoms with E-state index in [0.29, 0.717) is 17.2 Å². The van der Waals surface area contributed by atoms with Crippen molar-refractivity contribution in [1.82, 2.24) is 15.8 Å². The molecule has 2 aromatic carbocycles. The molecule has 0 aliphatic carbocycles. The molecule has 8 nitrogen and oxygen atoms in total. The van der Waals surface area contributed by atoms with Crippen LogP contribution in [0.5, 0.6) is 5.75 Å². The second-order valence-corrected chi connectivity index (χ2v) is 6.60. The minimum Gasteiger partial charge on any atom is -0.484 e. The standard InChI is InChI=1S/C20H22N4O4/c1-3-20(2)18(26)24(19(27)22-20)23-17(25)13-28-16-11-9-15(10-12-16)21-14-7-5-4-6-8-14/h4-12,21H,3,13H2,1-2H3,(H,22,27)(H,23,25). The summed E-state index contributed by atoms with van der Waals surface area (Å²) >= 11 is 0. The lowest BCUT2D eigenvalue weighted by Gasteiger charge is -2.19. The van der Waals surface area contributed by atoms with Gasteiger partial charge in [-0.1, -0.05) is 25.1 Å². The zero-order valence-corrected chi connectivity index (χ0v) is 15.7. The summed E-state index contributed by atoms with van der Waals surface area (Å²) in [5.74, 6) is -0.607. The smallest absolute Gasteiger partial charge is 0.344 e. The van der Waals surface area contributed by atoms with Crippen molar-refractivity contribution >= 4 is 29.2 Å². The van der Waals surface area contributed by atoms with Gasteiger partial charge in [0.15, 0.2) is 6.61 Å². The van der Waals surface area contributed by atoms with E-state index in [1.54, 1.807) is 26.0 Å². The summed E-state index contributed by atoms with van der Waals surface area (Å²) in [6, 6.07) is 16.2. The molecular formula is C20H22N4O4. The number of hydrazine groups is 1. The van der Waals surface area contributed by atoms with E-state index in [4.69, 9.17) is 4.74 Å². The molecule has 0 saturated carbocycles. The Hall–Kier alpha value is -3.55. The zero-order valence-electron chi connectivity index (χ0n) is 15.7. The van der Waals surface area contributed by atoms with Crippen LogP contribution in [0.2, 0.25) is 0 Å². The molecule has 0 aromatic heterocycles. The van der Waals surface area contributed by atoms with E-state index in [1.807, 2.05) is 42.5 Å². The fourth-order valence-electron chi connectivity index (χ4n) is 2.65. The summed E-state index contributed by atoms with van der Waals surface area (Å²) in [7, 11) is 0. The quantitative estimate of drug-likeness (QED) is 0.639. The van der Waals surface area contributed by atoms with E-state index in [9.17, 15) is 14.4 Å². The number of imide groups is 1. The maximum Gasteiger partial charge on any atom is 0.344 e. The van der Waals surface area contributed by atoms with Crippen molar-refractivity contribution < 1.29 is 19.1 Å². The number of hydrogen-bond acceptors (Lipinski definition) is 5. The monoisotopic (exact) mass is 382 g/mol. The van der Waals surface area contributed by atoms with Crippen LogP contribution in [0.1, 0.15) is 20.3 Å². The molecule has 1 aliphatic heterocycles. The van der Waals surface area contributed by atoms with Gasteiger partial charge in [-0.15, -0.1) is 0 Å². The number of amides is 4. The van der Waals surface area contributed by atoms with Crippen LogP contribution in [-0.4, -0.2) is 35.0 Å². The van der Waals surface area contributed by atoms with Crippen LogP contribution in [0.15, 0.2) is 54.6 Å². The van der Waals surface area contributed by atoms with Crippen LogP contribution in [0, 0.1) is 0 Å². The van der Waals surface area contributed by atoms with Crippen molar-refractivity contribution in [2.24, 2.45) is 0 Å². The van der Waals surface area contributed by atoms with E-state index in [2.05, 4.69) is 16.1 Å². The van der Waals surface area contributed by atoms with E-state index < -0.39 is 23.4 Å². The first-order chi connectivity index (χ1) is 13.4. The minimum atomic E-state index is -1.01. The Bertz CT molecular complexity index is 870. The zero-order chi connectivity index (χ0) is 20.1. The summed E-state index contributed by atoms with van der Waals surface area (Å²) < 4.78 is 5.42. The molecule has 146 valence electrons. The second kappa shape index (κ2) is 7.99. The fourth-order valence-corrected chi connectivity index (χ4v) is 2.65.